The third-order valence-electron chi connectivity index (χ3n) is 1.87. The molecular formula is C5HBrF8. The van der Waals surface area contributed by atoms with Gasteiger partial charge in [0.15, 0.2) is 0 Å². The van der Waals surface area contributed by atoms with E-state index in [-0.39, 0.29) is 0 Å². The zero-order chi connectivity index (χ0) is 11.6. The Morgan fingerprint density at radius 3 is 1.21 bits per heavy atom. The predicted octanol–water partition coefficient (Wildman–Crippen LogP) is 3.30. The van der Waals surface area contributed by atoms with E-state index in [2.05, 4.69) is 0 Å². The first-order valence-corrected chi connectivity index (χ1v) is 3.85. The van der Waals surface area contributed by atoms with Gasteiger partial charge >= 0.3 is 17.8 Å². The molecule has 84 valence electrons. The van der Waals surface area contributed by atoms with Crippen LogP contribution in [-0.2, 0) is 0 Å². The van der Waals surface area contributed by atoms with Crippen LogP contribution in [0.3, 0.4) is 0 Å². The molecule has 0 radical (unpaired) electrons. The first-order chi connectivity index (χ1) is 5.90. The van der Waals surface area contributed by atoms with Crippen LogP contribution in [0.4, 0.5) is 35.1 Å². The molecule has 1 rings (SSSR count). The van der Waals surface area contributed by atoms with Crippen LogP contribution >= 0.6 is 15.9 Å². The largest absolute Gasteiger partial charge is 0.379 e. The lowest BCUT2D eigenvalue weighted by Crippen LogP contribution is -2.50. The zero-order valence-electron chi connectivity index (χ0n) is 5.98. The Labute approximate surface area is 80.4 Å². The van der Waals surface area contributed by atoms with E-state index < -0.39 is 28.5 Å². The number of alkyl halides is 9. The molecule has 1 fully saturated rings. The number of halogens is 9. The molecule has 0 N–H and O–H groups in total. The molecule has 1 aliphatic rings. The molecule has 14 heavy (non-hydrogen) atoms. The van der Waals surface area contributed by atoms with E-state index in [1.807, 2.05) is 0 Å². The van der Waals surface area contributed by atoms with Crippen LogP contribution in [0.2, 0.25) is 0 Å². The molecule has 0 spiro atoms. The van der Waals surface area contributed by atoms with E-state index in [0.29, 0.717) is 0 Å². The molecule has 0 heterocycles. The fraction of sp³-hybridized carbons (Fsp3) is 1.00. The fourth-order valence-electron chi connectivity index (χ4n) is 0.965. The fourth-order valence-corrected chi connectivity index (χ4v) is 1.50. The molecule has 0 amide bonds. The lowest BCUT2D eigenvalue weighted by Gasteiger charge is -2.24. The predicted molar refractivity (Wildman–Crippen MR) is 32.5 cm³/mol. The van der Waals surface area contributed by atoms with Gasteiger partial charge in [-0.1, -0.05) is 0 Å². The van der Waals surface area contributed by atoms with Crippen molar-refractivity contribution in [3.05, 3.63) is 0 Å². The number of rotatable bonds is 0. The standard InChI is InChI=1S/C5HBrF8/c6-2(8)1(7)3(9,10)5(13,14)4(2,11)12/h1H. The third-order valence-corrected chi connectivity index (χ3v) is 2.77. The molecule has 0 aromatic carbocycles. The van der Waals surface area contributed by atoms with Crippen molar-refractivity contribution in [2.75, 3.05) is 0 Å². The first kappa shape index (κ1) is 12.0. The second-order valence-electron chi connectivity index (χ2n) is 2.76. The second-order valence-corrected chi connectivity index (χ2v) is 3.91. The van der Waals surface area contributed by atoms with Crippen LogP contribution in [-0.4, -0.2) is 28.5 Å². The Morgan fingerprint density at radius 2 is 1.14 bits per heavy atom. The molecule has 0 saturated heterocycles. The molecule has 2 atom stereocenters. The summed E-state index contributed by atoms with van der Waals surface area (Å²) in [5.74, 6) is -17.6. The van der Waals surface area contributed by atoms with Crippen LogP contribution in [0, 0.1) is 0 Å². The molecule has 0 nitrogen and oxygen atoms in total. The Bertz CT molecular complexity index is 232. The van der Waals surface area contributed by atoms with Crippen LogP contribution in [0.5, 0.6) is 0 Å². The topological polar surface area (TPSA) is 0 Å². The number of hydrogen-bond acceptors (Lipinski definition) is 0. The van der Waals surface area contributed by atoms with Crippen LogP contribution < -0.4 is 0 Å². The Morgan fingerprint density at radius 1 is 0.786 bits per heavy atom. The SMILES string of the molecule is FC1C(F)(F)C(F)(F)C(F)(F)C1(F)Br. The molecule has 1 aliphatic carbocycles. The van der Waals surface area contributed by atoms with E-state index in [1.165, 1.54) is 15.9 Å². The molecule has 0 bridgehead atoms. The summed E-state index contributed by atoms with van der Waals surface area (Å²) in [5, 5.41) is 0. The molecule has 0 aliphatic heterocycles. The number of hydrogen-bond donors (Lipinski definition) is 0. The van der Waals surface area contributed by atoms with Crippen molar-refractivity contribution in [2.24, 2.45) is 0 Å². The van der Waals surface area contributed by atoms with Gasteiger partial charge in [-0.2, -0.15) is 26.3 Å². The van der Waals surface area contributed by atoms with Crippen molar-refractivity contribution < 1.29 is 35.1 Å². The maximum Gasteiger partial charge on any atom is 0.379 e. The van der Waals surface area contributed by atoms with Crippen LogP contribution in [0.1, 0.15) is 0 Å². The molecule has 9 heteroatoms. The van der Waals surface area contributed by atoms with Gasteiger partial charge in [-0.15, -0.1) is 0 Å². The molecular weight excluding hydrogens is 292 g/mol. The molecule has 2 unspecified atom stereocenters. The van der Waals surface area contributed by atoms with Crippen LogP contribution in [0.25, 0.3) is 0 Å². The lowest BCUT2D eigenvalue weighted by molar-refractivity contribution is -0.282. The summed E-state index contributed by atoms with van der Waals surface area (Å²) in [5.41, 5.74) is 0. The van der Waals surface area contributed by atoms with Crippen LogP contribution in [0.15, 0.2) is 0 Å². The maximum absolute atomic E-state index is 12.6. The normalized spacial score (nSPS) is 43.9. The summed E-state index contributed by atoms with van der Waals surface area (Å²) in [4.78, 5) is 0. The minimum atomic E-state index is -6.07. The zero-order valence-corrected chi connectivity index (χ0v) is 7.57. The average Bonchev–Trinajstić information content (AvgIpc) is 2.05. The second kappa shape index (κ2) is 2.53. The van der Waals surface area contributed by atoms with Crippen molar-refractivity contribution >= 4 is 15.9 Å². The van der Waals surface area contributed by atoms with E-state index in [1.54, 1.807) is 0 Å². The van der Waals surface area contributed by atoms with Gasteiger partial charge in [0.25, 0.3) is 4.58 Å². The smallest absolute Gasteiger partial charge is 0.236 e. The first-order valence-electron chi connectivity index (χ1n) is 3.06. The van der Waals surface area contributed by atoms with Gasteiger partial charge in [-0.3, -0.25) is 0 Å². The highest BCUT2D eigenvalue weighted by Gasteiger charge is 2.92. The summed E-state index contributed by atoms with van der Waals surface area (Å²) in [6.45, 7) is 0. The summed E-state index contributed by atoms with van der Waals surface area (Å²) in [6, 6.07) is 0. The van der Waals surface area contributed by atoms with E-state index in [0.717, 1.165) is 0 Å². The maximum atomic E-state index is 12.6. The lowest BCUT2D eigenvalue weighted by atomic mass is 10.2. The van der Waals surface area contributed by atoms with Crippen molar-refractivity contribution in [2.45, 2.75) is 28.5 Å². The van der Waals surface area contributed by atoms with Gasteiger partial charge in [0.1, 0.15) is 0 Å². The Kier molecular flexibility index (Phi) is 2.17. The Balaban J connectivity index is 3.38. The van der Waals surface area contributed by atoms with Crippen molar-refractivity contribution in [3.8, 4) is 0 Å². The highest BCUT2D eigenvalue weighted by Crippen LogP contribution is 2.65. The highest BCUT2D eigenvalue weighted by molar-refractivity contribution is 9.10. The average molecular weight is 293 g/mol. The van der Waals surface area contributed by atoms with E-state index in [9.17, 15) is 35.1 Å². The third kappa shape index (κ3) is 0.938. The quantitative estimate of drug-likeness (QED) is 0.475. The van der Waals surface area contributed by atoms with E-state index >= 15 is 0 Å². The van der Waals surface area contributed by atoms with Gasteiger partial charge < -0.3 is 0 Å². The summed E-state index contributed by atoms with van der Waals surface area (Å²) in [6.07, 6.45) is -4.32. The van der Waals surface area contributed by atoms with E-state index in [4.69, 9.17) is 0 Å². The summed E-state index contributed by atoms with van der Waals surface area (Å²) in [7, 11) is 0. The molecule has 0 aromatic heterocycles. The van der Waals surface area contributed by atoms with Gasteiger partial charge in [0, 0.05) is 0 Å². The highest BCUT2D eigenvalue weighted by atomic mass is 79.9. The van der Waals surface area contributed by atoms with Crippen molar-refractivity contribution in [1.29, 1.82) is 0 Å². The molecule has 0 aromatic rings. The monoisotopic (exact) mass is 292 g/mol. The minimum absolute atomic E-state index is 1.23. The van der Waals surface area contributed by atoms with Crippen molar-refractivity contribution in [1.82, 2.24) is 0 Å². The minimum Gasteiger partial charge on any atom is -0.236 e. The summed E-state index contributed by atoms with van der Waals surface area (Å²) < 4.78 is 93.8. The van der Waals surface area contributed by atoms with Gasteiger partial charge in [-0.05, 0) is 15.9 Å². The summed E-state index contributed by atoms with van der Waals surface area (Å²) >= 11 is 1.23. The van der Waals surface area contributed by atoms with Gasteiger partial charge in [0.05, 0.1) is 0 Å². The van der Waals surface area contributed by atoms with Gasteiger partial charge in [0.2, 0.25) is 6.17 Å². The molecule has 1 saturated carbocycles. The van der Waals surface area contributed by atoms with Gasteiger partial charge in [-0.25, -0.2) is 8.78 Å². The van der Waals surface area contributed by atoms with Crippen molar-refractivity contribution in [3.63, 3.8) is 0 Å². The Hall–Kier alpha value is -0.0800.